The van der Waals surface area contributed by atoms with Gasteiger partial charge in [-0.25, -0.2) is 9.78 Å². The summed E-state index contributed by atoms with van der Waals surface area (Å²) in [6.45, 7) is 0.613. The Balaban J connectivity index is 1.35. The van der Waals surface area contributed by atoms with Gasteiger partial charge in [-0.2, -0.15) is 0 Å². The van der Waals surface area contributed by atoms with Crippen molar-refractivity contribution in [3.63, 3.8) is 0 Å². The van der Waals surface area contributed by atoms with Crippen LogP contribution in [0.15, 0.2) is 63.9 Å². The lowest BCUT2D eigenvalue weighted by molar-refractivity contribution is -0.133. The van der Waals surface area contributed by atoms with E-state index in [2.05, 4.69) is 4.98 Å². The summed E-state index contributed by atoms with van der Waals surface area (Å²) in [5.74, 6) is 1.16. The first-order chi connectivity index (χ1) is 15.5. The number of rotatable bonds is 5. The maximum absolute atomic E-state index is 13.2. The number of aryl methyl sites for hydroxylation is 1. The quantitative estimate of drug-likeness (QED) is 0.461. The van der Waals surface area contributed by atoms with Crippen molar-refractivity contribution in [2.75, 3.05) is 6.54 Å². The summed E-state index contributed by atoms with van der Waals surface area (Å²) in [6, 6.07) is 14.9. The zero-order chi connectivity index (χ0) is 22.2. The first-order valence-electron chi connectivity index (χ1n) is 10.6. The molecule has 32 heavy (non-hydrogen) atoms. The molecule has 2 aromatic heterocycles. The predicted molar refractivity (Wildman–Crippen MR) is 122 cm³/mol. The van der Waals surface area contributed by atoms with Gasteiger partial charge in [-0.1, -0.05) is 35.9 Å². The molecule has 0 spiro atoms. The number of para-hydroxylation sites is 2. The van der Waals surface area contributed by atoms with Gasteiger partial charge in [0.1, 0.15) is 18.3 Å². The highest BCUT2D eigenvalue weighted by atomic mass is 35.5. The summed E-state index contributed by atoms with van der Waals surface area (Å²) in [7, 11) is 1.72. The van der Waals surface area contributed by atoms with Gasteiger partial charge in [-0.05, 0) is 42.7 Å². The van der Waals surface area contributed by atoms with Gasteiger partial charge in [-0.15, -0.1) is 0 Å². The van der Waals surface area contributed by atoms with Crippen LogP contribution in [-0.2, 0) is 24.8 Å². The maximum atomic E-state index is 13.2. The lowest BCUT2D eigenvalue weighted by Gasteiger charge is -2.22. The van der Waals surface area contributed by atoms with Gasteiger partial charge >= 0.3 is 5.69 Å². The Bertz CT molecular complexity index is 1350. The molecule has 164 valence electrons. The topological polar surface area (TPSA) is 73.3 Å². The molecule has 0 N–H and O–H groups in total. The van der Waals surface area contributed by atoms with Crippen LogP contribution in [0.25, 0.3) is 11.0 Å². The Hall–Kier alpha value is -3.32. The third-order valence-corrected chi connectivity index (χ3v) is 6.28. The molecule has 1 amide bonds. The zero-order valence-corrected chi connectivity index (χ0v) is 18.5. The van der Waals surface area contributed by atoms with Crippen molar-refractivity contribution in [1.82, 2.24) is 19.0 Å². The summed E-state index contributed by atoms with van der Waals surface area (Å²) < 4.78 is 9.12. The number of aromatic nitrogens is 3. The molecular weight excluding hydrogens is 428 g/mol. The minimum atomic E-state index is -0.221. The van der Waals surface area contributed by atoms with Crippen molar-refractivity contribution in [3.05, 3.63) is 87.4 Å². The third kappa shape index (κ3) is 3.73. The molecular formula is C24H23ClN4O3. The predicted octanol–water partition coefficient (Wildman–Crippen LogP) is 3.94. The standard InChI is InChI=1S/C24H23ClN4O3/c1-27-19-8-2-3-9-20(19)29(24(27)31)15-22(30)28-11-5-10-21(28)23-26-14-18(32-23)13-16-6-4-7-17(25)12-16/h2-4,6-9,12,14,21H,5,10-11,13,15H2,1H3/t21-/m1/s1. The number of amides is 1. The summed E-state index contributed by atoms with van der Waals surface area (Å²) in [5.41, 5.74) is 2.40. The second-order valence-electron chi connectivity index (χ2n) is 8.13. The lowest BCUT2D eigenvalue weighted by Crippen LogP contribution is -2.36. The number of hydrogen-bond donors (Lipinski definition) is 0. The molecule has 5 rings (SSSR count). The van der Waals surface area contributed by atoms with Gasteiger partial charge in [-0.3, -0.25) is 13.9 Å². The van der Waals surface area contributed by atoms with E-state index < -0.39 is 0 Å². The molecule has 0 aliphatic carbocycles. The molecule has 2 aromatic carbocycles. The van der Waals surface area contributed by atoms with Crippen LogP contribution in [-0.4, -0.2) is 31.5 Å². The van der Waals surface area contributed by atoms with Crippen LogP contribution in [0, 0.1) is 0 Å². The largest absolute Gasteiger partial charge is 0.443 e. The Labute approximate surface area is 189 Å². The maximum Gasteiger partial charge on any atom is 0.329 e. The number of imidazole rings is 1. The number of hydrogen-bond acceptors (Lipinski definition) is 4. The molecule has 0 saturated carbocycles. The first kappa shape index (κ1) is 20.6. The Morgan fingerprint density at radius 1 is 1.19 bits per heavy atom. The highest BCUT2D eigenvalue weighted by Crippen LogP contribution is 2.32. The summed E-state index contributed by atoms with van der Waals surface area (Å²) in [4.78, 5) is 32.2. The van der Waals surface area contributed by atoms with Crippen molar-refractivity contribution in [2.45, 2.75) is 31.8 Å². The van der Waals surface area contributed by atoms with Crippen molar-refractivity contribution in [3.8, 4) is 0 Å². The molecule has 1 fully saturated rings. The van der Waals surface area contributed by atoms with Crippen molar-refractivity contribution in [2.24, 2.45) is 7.05 Å². The molecule has 1 aliphatic rings. The molecule has 0 radical (unpaired) electrons. The number of carbonyl (C=O) groups excluding carboxylic acids is 1. The summed E-state index contributed by atoms with van der Waals surface area (Å²) in [6.07, 6.45) is 3.95. The molecule has 1 saturated heterocycles. The van der Waals surface area contributed by atoms with E-state index in [0.29, 0.717) is 23.9 Å². The van der Waals surface area contributed by atoms with Crippen molar-refractivity contribution >= 4 is 28.5 Å². The number of halogens is 1. The average molecular weight is 451 g/mol. The van der Waals surface area contributed by atoms with E-state index in [-0.39, 0.29) is 24.2 Å². The third-order valence-electron chi connectivity index (χ3n) is 6.04. The fraction of sp³-hybridized carbons (Fsp3) is 0.292. The minimum Gasteiger partial charge on any atom is -0.443 e. The van der Waals surface area contributed by atoms with E-state index in [1.54, 1.807) is 22.7 Å². The molecule has 1 aliphatic heterocycles. The number of fused-ring (bicyclic) bond motifs is 1. The second-order valence-corrected chi connectivity index (χ2v) is 8.57. The number of oxazole rings is 1. The van der Waals surface area contributed by atoms with Crippen LogP contribution in [0.5, 0.6) is 0 Å². The second kappa shape index (κ2) is 8.31. The number of carbonyl (C=O) groups is 1. The molecule has 8 heteroatoms. The number of nitrogens with zero attached hydrogens (tertiary/aromatic N) is 4. The number of likely N-dealkylation sites (tertiary alicyclic amines) is 1. The normalized spacial score (nSPS) is 16.2. The van der Waals surface area contributed by atoms with Crippen molar-refractivity contribution < 1.29 is 9.21 Å². The van der Waals surface area contributed by atoms with E-state index in [9.17, 15) is 9.59 Å². The van der Waals surface area contributed by atoms with Gasteiger partial charge in [0.15, 0.2) is 0 Å². The van der Waals surface area contributed by atoms with Crippen LogP contribution in [0.1, 0.15) is 36.1 Å². The van der Waals surface area contributed by atoms with Gasteiger partial charge in [0, 0.05) is 25.0 Å². The van der Waals surface area contributed by atoms with Crippen LogP contribution in [0.4, 0.5) is 0 Å². The van der Waals surface area contributed by atoms with E-state index in [1.165, 1.54) is 4.57 Å². The van der Waals surface area contributed by atoms with Gasteiger partial charge < -0.3 is 9.32 Å². The van der Waals surface area contributed by atoms with Crippen LogP contribution >= 0.6 is 11.6 Å². The fourth-order valence-electron chi connectivity index (χ4n) is 4.47. The van der Waals surface area contributed by atoms with E-state index in [0.717, 1.165) is 35.2 Å². The van der Waals surface area contributed by atoms with Gasteiger partial charge in [0.05, 0.1) is 17.2 Å². The molecule has 3 heterocycles. The number of benzene rings is 2. The Morgan fingerprint density at radius 3 is 2.81 bits per heavy atom. The molecule has 0 bridgehead atoms. The lowest BCUT2D eigenvalue weighted by atomic mass is 10.1. The van der Waals surface area contributed by atoms with Gasteiger partial charge in [0.2, 0.25) is 11.8 Å². The Kier molecular flexibility index (Phi) is 5.35. The van der Waals surface area contributed by atoms with Crippen molar-refractivity contribution in [1.29, 1.82) is 0 Å². The molecule has 0 unspecified atom stereocenters. The molecule has 4 aromatic rings. The average Bonchev–Trinajstić information content (AvgIpc) is 3.50. The Morgan fingerprint density at radius 2 is 2.00 bits per heavy atom. The summed E-state index contributed by atoms with van der Waals surface area (Å²) in [5, 5.41) is 0.679. The van der Waals surface area contributed by atoms with E-state index in [1.807, 2.05) is 48.5 Å². The smallest absolute Gasteiger partial charge is 0.329 e. The molecule has 7 nitrogen and oxygen atoms in total. The summed E-state index contributed by atoms with van der Waals surface area (Å²) >= 11 is 6.07. The van der Waals surface area contributed by atoms with Gasteiger partial charge in [0.25, 0.3) is 0 Å². The monoisotopic (exact) mass is 450 g/mol. The molecule has 1 atom stereocenters. The fourth-order valence-corrected chi connectivity index (χ4v) is 4.68. The van der Waals surface area contributed by atoms with E-state index in [4.69, 9.17) is 16.0 Å². The SMILES string of the molecule is Cn1c(=O)n(CC(=O)N2CCC[C@@H]2c2ncc(Cc3cccc(Cl)c3)o2)c2ccccc21. The van der Waals surface area contributed by atoms with Crippen LogP contribution in [0.3, 0.4) is 0 Å². The highest BCUT2D eigenvalue weighted by Gasteiger charge is 2.33. The van der Waals surface area contributed by atoms with Crippen LogP contribution in [0.2, 0.25) is 5.02 Å². The van der Waals surface area contributed by atoms with Crippen LogP contribution < -0.4 is 5.69 Å². The zero-order valence-electron chi connectivity index (χ0n) is 17.7. The highest BCUT2D eigenvalue weighted by molar-refractivity contribution is 6.30. The minimum absolute atomic E-state index is 0.00718. The first-order valence-corrected chi connectivity index (χ1v) is 11.0. The van der Waals surface area contributed by atoms with E-state index >= 15 is 0 Å².